The molecule has 5 nitrogen and oxygen atoms in total. The molecule has 0 aliphatic heterocycles. The van der Waals surface area contributed by atoms with E-state index in [1.807, 2.05) is 36.4 Å². The second-order valence-corrected chi connectivity index (χ2v) is 11.6. The Morgan fingerprint density at radius 3 is 2.07 bits per heavy atom. The Morgan fingerprint density at radius 1 is 0.478 bits per heavy atom. The van der Waals surface area contributed by atoms with Crippen LogP contribution in [0.15, 0.2) is 150 Å². The molecule has 0 atom stereocenters. The highest BCUT2D eigenvalue weighted by Gasteiger charge is 2.23. The number of benzene rings is 6. The van der Waals surface area contributed by atoms with Gasteiger partial charge in [-0.3, -0.25) is 4.40 Å². The number of imidazole rings is 1. The summed E-state index contributed by atoms with van der Waals surface area (Å²) in [5.74, 6) is 0.655. The molecule has 0 spiro atoms. The summed E-state index contributed by atoms with van der Waals surface area (Å²) >= 11 is 0. The third-order valence-electron chi connectivity index (χ3n) is 8.99. The van der Waals surface area contributed by atoms with Crippen LogP contribution < -0.4 is 0 Å². The Morgan fingerprint density at radius 2 is 1.22 bits per heavy atom. The summed E-state index contributed by atoms with van der Waals surface area (Å²) in [7, 11) is 0. The summed E-state index contributed by atoms with van der Waals surface area (Å²) in [4.78, 5) is 15.8. The molecule has 0 radical (unpaired) electrons. The zero-order valence-corrected chi connectivity index (χ0v) is 24.6. The van der Waals surface area contributed by atoms with Gasteiger partial charge in [0.25, 0.3) is 0 Å². The van der Waals surface area contributed by atoms with Gasteiger partial charge in [-0.15, -0.1) is 0 Å². The molecule has 4 aromatic heterocycles. The van der Waals surface area contributed by atoms with Crippen LogP contribution in [0.2, 0.25) is 0 Å². The molecule has 214 valence electrons. The van der Waals surface area contributed by atoms with E-state index >= 15 is 0 Å². The lowest BCUT2D eigenvalue weighted by Gasteiger charge is -2.14. The lowest BCUT2D eigenvalue weighted by atomic mass is 9.96. The number of para-hydroxylation sites is 3. The first kappa shape index (κ1) is 25.0. The zero-order valence-electron chi connectivity index (χ0n) is 24.6. The van der Waals surface area contributed by atoms with Crippen molar-refractivity contribution in [3.05, 3.63) is 146 Å². The molecule has 0 amide bonds. The van der Waals surface area contributed by atoms with Crippen LogP contribution in [0, 0.1) is 0 Å². The van der Waals surface area contributed by atoms with E-state index in [9.17, 15) is 0 Å². The SMILES string of the molecule is c1ccc(-c2ccc3oc4cccc(-c5nc(-c6ccccc6)nc6c5c5ccccc5n5c7ccccc7nc65)c4c3c2)cc1. The first-order valence-electron chi connectivity index (χ1n) is 15.4. The molecular weight excluding hydrogens is 564 g/mol. The van der Waals surface area contributed by atoms with Crippen molar-refractivity contribution in [1.82, 2.24) is 19.4 Å². The van der Waals surface area contributed by atoms with Crippen LogP contribution in [0.3, 0.4) is 0 Å². The molecule has 0 saturated carbocycles. The van der Waals surface area contributed by atoms with Gasteiger partial charge in [-0.2, -0.15) is 0 Å². The van der Waals surface area contributed by atoms with Gasteiger partial charge < -0.3 is 4.42 Å². The normalized spacial score (nSPS) is 11.9. The van der Waals surface area contributed by atoms with Gasteiger partial charge in [0, 0.05) is 32.7 Å². The maximum absolute atomic E-state index is 6.47. The highest BCUT2D eigenvalue weighted by Crippen LogP contribution is 2.43. The number of fused-ring (bicyclic) bond motifs is 11. The van der Waals surface area contributed by atoms with E-state index in [-0.39, 0.29) is 0 Å². The highest BCUT2D eigenvalue weighted by molar-refractivity contribution is 6.21. The van der Waals surface area contributed by atoms with Crippen molar-refractivity contribution in [3.8, 4) is 33.8 Å². The van der Waals surface area contributed by atoms with E-state index in [1.165, 1.54) is 0 Å². The molecule has 0 bridgehead atoms. The minimum absolute atomic E-state index is 0.655. The van der Waals surface area contributed by atoms with Crippen molar-refractivity contribution < 1.29 is 4.42 Å². The predicted octanol–water partition coefficient (Wildman–Crippen LogP) is 10.5. The van der Waals surface area contributed by atoms with Gasteiger partial charge in [-0.05, 0) is 47.5 Å². The van der Waals surface area contributed by atoms with Crippen LogP contribution in [0.4, 0.5) is 0 Å². The maximum Gasteiger partial charge on any atom is 0.165 e. The average molecular weight is 589 g/mol. The number of hydrogen-bond acceptors (Lipinski definition) is 4. The van der Waals surface area contributed by atoms with E-state index in [1.54, 1.807) is 0 Å². The summed E-state index contributed by atoms with van der Waals surface area (Å²) in [6.07, 6.45) is 0. The summed E-state index contributed by atoms with van der Waals surface area (Å²) in [5.41, 5.74) is 11.4. The van der Waals surface area contributed by atoms with Gasteiger partial charge in [0.1, 0.15) is 16.7 Å². The number of pyridine rings is 1. The molecular formula is C41H24N4O. The van der Waals surface area contributed by atoms with Gasteiger partial charge in [-0.1, -0.05) is 109 Å². The van der Waals surface area contributed by atoms with Crippen molar-refractivity contribution >= 4 is 60.4 Å². The summed E-state index contributed by atoms with van der Waals surface area (Å²) in [6, 6.07) is 50.1. The van der Waals surface area contributed by atoms with Crippen LogP contribution in [-0.2, 0) is 0 Å². The summed E-state index contributed by atoms with van der Waals surface area (Å²) in [5, 5.41) is 4.13. The molecule has 46 heavy (non-hydrogen) atoms. The fourth-order valence-electron chi connectivity index (χ4n) is 6.93. The predicted molar refractivity (Wildman–Crippen MR) is 187 cm³/mol. The monoisotopic (exact) mass is 588 g/mol. The smallest absolute Gasteiger partial charge is 0.165 e. The number of nitrogens with zero attached hydrogens (tertiary/aromatic N) is 4. The first-order valence-corrected chi connectivity index (χ1v) is 15.4. The fraction of sp³-hybridized carbons (Fsp3) is 0. The molecule has 4 heterocycles. The number of furan rings is 1. The quantitative estimate of drug-likeness (QED) is 0.193. The second kappa shape index (κ2) is 9.58. The van der Waals surface area contributed by atoms with Crippen molar-refractivity contribution in [1.29, 1.82) is 0 Å². The van der Waals surface area contributed by atoms with Gasteiger partial charge in [0.15, 0.2) is 11.5 Å². The van der Waals surface area contributed by atoms with E-state index < -0.39 is 0 Å². The Bertz CT molecular complexity index is 2800. The molecule has 10 rings (SSSR count). The molecule has 0 fully saturated rings. The first-order chi connectivity index (χ1) is 22.8. The Balaban J connectivity index is 1.39. The van der Waals surface area contributed by atoms with Gasteiger partial charge in [0.2, 0.25) is 0 Å². The third-order valence-corrected chi connectivity index (χ3v) is 8.99. The van der Waals surface area contributed by atoms with Gasteiger partial charge >= 0.3 is 0 Å². The second-order valence-electron chi connectivity index (χ2n) is 11.6. The minimum atomic E-state index is 0.655. The van der Waals surface area contributed by atoms with Crippen molar-refractivity contribution in [2.24, 2.45) is 0 Å². The third kappa shape index (κ3) is 3.60. The zero-order chi connectivity index (χ0) is 30.2. The number of hydrogen-bond donors (Lipinski definition) is 0. The largest absolute Gasteiger partial charge is 0.456 e. The van der Waals surface area contributed by atoms with Crippen LogP contribution in [0.1, 0.15) is 0 Å². The van der Waals surface area contributed by atoms with E-state index in [0.29, 0.717) is 5.82 Å². The van der Waals surface area contributed by atoms with Crippen molar-refractivity contribution in [3.63, 3.8) is 0 Å². The minimum Gasteiger partial charge on any atom is -0.456 e. The standard InChI is InChI=1S/C41H24N4O/c1-3-12-25(13-4-1)27-22-23-34-30(24-27)36-29(17-11-21-35(36)46-34)38-37-28-16-7-9-19-32(28)45-33-20-10-8-18-31(33)42-41(45)39(37)44-40(43-38)26-14-5-2-6-15-26/h1-24H. The van der Waals surface area contributed by atoms with Crippen molar-refractivity contribution in [2.75, 3.05) is 0 Å². The Kier molecular flexibility index (Phi) is 5.22. The molecule has 0 saturated heterocycles. The van der Waals surface area contributed by atoms with Gasteiger partial charge in [0.05, 0.1) is 22.2 Å². The van der Waals surface area contributed by atoms with E-state index in [4.69, 9.17) is 19.4 Å². The molecule has 0 aliphatic rings. The number of rotatable bonds is 3. The van der Waals surface area contributed by atoms with Crippen LogP contribution >= 0.6 is 0 Å². The van der Waals surface area contributed by atoms with E-state index in [0.717, 1.165) is 88.4 Å². The molecule has 10 aromatic rings. The lowest BCUT2D eigenvalue weighted by Crippen LogP contribution is -2.00. The fourth-order valence-corrected chi connectivity index (χ4v) is 6.93. The van der Waals surface area contributed by atoms with Crippen LogP contribution in [0.25, 0.3) is 94.2 Å². The average Bonchev–Trinajstić information content (AvgIpc) is 3.71. The molecule has 0 N–H and O–H groups in total. The summed E-state index contributed by atoms with van der Waals surface area (Å²) in [6.45, 7) is 0. The Labute approximate surface area is 263 Å². The summed E-state index contributed by atoms with van der Waals surface area (Å²) < 4.78 is 8.70. The Hall–Kier alpha value is -6.33. The van der Waals surface area contributed by atoms with Crippen molar-refractivity contribution in [2.45, 2.75) is 0 Å². The highest BCUT2D eigenvalue weighted by atomic mass is 16.3. The number of aromatic nitrogens is 4. The van der Waals surface area contributed by atoms with Crippen LogP contribution in [0.5, 0.6) is 0 Å². The van der Waals surface area contributed by atoms with Crippen LogP contribution in [-0.4, -0.2) is 19.4 Å². The molecule has 0 aliphatic carbocycles. The van der Waals surface area contributed by atoms with Gasteiger partial charge in [-0.25, -0.2) is 15.0 Å². The van der Waals surface area contributed by atoms with E-state index in [2.05, 4.69) is 114 Å². The lowest BCUT2D eigenvalue weighted by molar-refractivity contribution is 0.669. The molecule has 0 unspecified atom stereocenters. The molecule has 6 aromatic carbocycles. The maximum atomic E-state index is 6.47. The molecule has 5 heteroatoms. The topological polar surface area (TPSA) is 56.2 Å².